The minimum absolute atomic E-state index is 0.231. The zero-order chi connectivity index (χ0) is 8.97. The van der Waals surface area contributed by atoms with E-state index in [1.807, 2.05) is 6.08 Å². The van der Waals surface area contributed by atoms with Crippen LogP contribution in [0.15, 0.2) is 11.6 Å². The molecule has 0 saturated heterocycles. The average molecular weight is 170 g/mol. The Morgan fingerprint density at radius 3 is 2.58 bits per heavy atom. The molecule has 0 atom stereocenters. The molecule has 3 nitrogen and oxygen atoms in total. The first-order chi connectivity index (χ1) is 5.77. The zero-order valence-corrected chi connectivity index (χ0v) is 7.50. The molecule has 0 aromatic carbocycles. The third kappa shape index (κ3) is 2.16. The monoisotopic (exact) mass is 170 g/mol. The molecule has 0 unspecified atom stereocenters. The second-order valence-electron chi connectivity index (χ2n) is 2.80. The number of hydrogen-bond acceptors (Lipinski definition) is 3. The molecule has 1 aliphatic carbocycles. The summed E-state index contributed by atoms with van der Waals surface area (Å²) in [7, 11) is 3.16. The third-order valence-corrected chi connectivity index (χ3v) is 2.03. The van der Waals surface area contributed by atoms with Crippen molar-refractivity contribution in [1.29, 1.82) is 0 Å². The first-order valence-electron chi connectivity index (χ1n) is 4.05. The molecular formula is C9H14O3. The number of carbonyl (C=O) groups excluding carboxylic acids is 1. The molecule has 0 saturated carbocycles. The van der Waals surface area contributed by atoms with Crippen LogP contribution in [0.3, 0.4) is 0 Å². The van der Waals surface area contributed by atoms with Gasteiger partial charge >= 0.3 is 0 Å². The Hall–Kier alpha value is -0.670. The van der Waals surface area contributed by atoms with Crippen LogP contribution in [0.1, 0.15) is 19.3 Å². The number of allylic oxidation sites excluding steroid dienone is 1. The van der Waals surface area contributed by atoms with Crippen molar-refractivity contribution < 1.29 is 14.3 Å². The molecule has 0 fully saturated rings. The molecule has 1 aliphatic rings. The molecule has 12 heavy (non-hydrogen) atoms. The largest absolute Gasteiger partial charge is 0.356 e. The standard InChI is InChI=1S/C9H14O3/c1-11-9(12-2)6-7-4-3-5-8(7)10/h4,9H,3,5-6H2,1-2H3. The molecule has 0 aromatic heterocycles. The SMILES string of the molecule is COC(CC1=CCCC1=O)OC. The van der Waals surface area contributed by atoms with Gasteiger partial charge in [0.15, 0.2) is 12.1 Å². The van der Waals surface area contributed by atoms with Crippen molar-refractivity contribution in [2.24, 2.45) is 0 Å². The van der Waals surface area contributed by atoms with E-state index in [-0.39, 0.29) is 12.1 Å². The van der Waals surface area contributed by atoms with Gasteiger partial charge in [-0.3, -0.25) is 4.79 Å². The van der Waals surface area contributed by atoms with Gasteiger partial charge in [-0.15, -0.1) is 0 Å². The maximum atomic E-state index is 11.2. The van der Waals surface area contributed by atoms with Gasteiger partial charge in [-0.1, -0.05) is 6.08 Å². The number of carbonyl (C=O) groups is 1. The van der Waals surface area contributed by atoms with Gasteiger partial charge in [-0.25, -0.2) is 0 Å². The number of ketones is 1. The highest BCUT2D eigenvalue weighted by atomic mass is 16.7. The Balaban J connectivity index is 2.44. The number of ether oxygens (including phenoxy) is 2. The van der Waals surface area contributed by atoms with Crippen molar-refractivity contribution in [2.75, 3.05) is 14.2 Å². The summed E-state index contributed by atoms with van der Waals surface area (Å²) in [5.41, 5.74) is 0.851. The van der Waals surface area contributed by atoms with Gasteiger partial charge in [0, 0.05) is 27.1 Å². The second-order valence-corrected chi connectivity index (χ2v) is 2.80. The Kier molecular flexibility index (Phi) is 3.44. The van der Waals surface area contributed by atoms with Crippen LogP contribution in [0, 0.1) is 0 Å². The minimum atomic E-state index is -0.279. The first kappa shape index (κ1) is 9.42. The summed E-state index contributed by atoms with van der Waals surface area (Å²) in [5.74, 6) is 0.231. The molecule has 68 valence electrons. The number of Topliss-reactive ketones (excluding diaryl/α,β-unsaturated/α-hetero) is 1. The Morgan fingerprint density at radius 2 is 2.17 bits per heavy atom. The van der Waals surface area contributed by atoms with Crippen LogP contribution in [0.2, 0.25) is 0 Å². The summed E-state index contributed by atoms with van der Waals surface area (Å²) in [4.78, 5) is 11.2. The molecule has 1 rings (SSSR count). The van der Waals surface area contributed by atoms with E-state index in [0.717, 1.165) is 12.0 Å². The van der Waals surface area contributed by atoms with E-state index >= 15 is 0 Å². The molecule has 0 heterocycles. The Bertz CT molecular complexity index is 192. The summed E-state index contributed by atoms with van der Waals surface area (Å²) in [6.07, 6.45) is 3.78. The fraction of sp³-hybridized carbons (Fsp3) is 0.667. The van der Waals surface area contributed by atoms with Crippen LogP contribution in [-0.2, 0) is 14.3 Å². The molecule has 0 bridgehead atoms. The summed E-state index contributed by atoms with van der Waals surface area (Å²) in [6.45, 7) is 0. The second kappa shape index (κ2) is 4.38. The molecule has 0 N–H and O–H groups in total. The summed E-state index contributed by atoms with van der Waals surface area (Å²) >= 11 is 0. The highest BCUT2D eigenvalue weighted by Crippen LogP contribution is 2.19. The van der Waals surface area contributed by atoms with Crippen LogP contribution in [0.5, 0.6) is 0 Å². The van der Waals surface area contributed by atoms with E-state index in [0.29, 0.717) is 12.8 Å². The highest BCUT2D eigenvalue weighted by Gasteiger charge is 2.18. The fourth-order valence-electron chi connectivity index (χ4n) is 1.29. The molecule has 0 spiro atoms. The Morgan fingerprint density at radius 1 is 1.50 bits per heavy atom. The van der Waals surface area contributed by atoms with Crippen LogP contribution >= 0.6 is 0 Å². The quantitative estimate of drug-likeness (QED) is 0.596. The van der Waals surface area contributed by atoms with Crippen molar-refractivity contribution in [2.45, 2.75) is 25.6 Å². The summed E-state index contributed by atoms with van der Waals surface area (Å²) < 4.78 is 9.99. The van der Waals surface area contributed by atoms with Crippen LogP contribution in [0.25, 0.3) is 0 Å². The van der Waals surface area contributed by atoms with E-state index in [1.165, 1.54) is 0 Å². The number of rotatable bonds is 4. The predicted octanol–water partition coefficient (Wildman–Crippen LogP) is 1.28. The van der Waals surface area contributed by atoms with Crippen LogP contribution in [0.4, 0.5) is 0 Å². The molecule has 0 aliphatic heterocycles. The maximum absolute atomic E-state index is 11.2. The van der Waals surface area contributed by atoms with Crippen molar-refractivity contribution in [1.82, 2.24) is 0 Å². The van der Waals surface area contributed by atoms with Gasteiger partial charge in [0.05, 0.1) is 0 Å². The van der Waals surface area contributed by atoms with Crippen molar-refractivity contribution >= 4 is 5.78 Å². The number of hydrogen-bond donors (Lipinski definition) is 0. The summed E-state index contributed by atoms with van der Waals surface area (Å²) in [6, 6.07) is 0. The van der Waals surface area contributed by atoms with Crippen LogP contribution < -0.4 is 0 Å². The topological polar surface area (TPSA) is 35.5 Å². The van der Waals surface area contributed by atoms with Crippen molar-refractivity contribution in [3.63, 3.8) is 0 Å². The van der Waals surface area contributed by atoms with E-state index in [1.54, 1.807) is 14.2 Å². The molecule has 0 amide bonds. The van der Waals surface area contributed by atoms with Gasteiger partial charge in [-0.05, 0) is 12.0 Å². The van der Waals surface area contributed by atoms with Gasteiger partial charge in [0.1, 0.15) is 0 Å². The lowest BCUT2D eigenvalue weighted by Gasteiger charge is -2.12. The van der Waals surface area contributed by atoms with E-state index < -0.39 is 0 Å². The fourth-order valence-corrected chi connectivity index (χ4v) is 1.29. The van der Waals surface area contributed by atoms with Crippen molar-refractivity contribution in [3.05, 3.63) is 11.6 Å². The van der Waals surface area contributed by atoms with Crippen LogP contribution in [-0.4, -0.2) is 26.3 Å². The molecule has 3 heteroatoms. The minimum Gasteiger partial charge on any atom is -0.356 e. The lowest BCUT2D eigenvalue weighted by molar-refractivity contribution is -0.119. The third-order valence-electron chi connectivity index (χ3n) is 2.03. The maximum Gasteiger partial charge on any atom is 0.160 e. The van der Waals surface area contributed by atoms with E-state index in [4.69, 9.17) is 9.47 Å². The normalized spacial score (nSPS) is 17.2. The molecular weight excluding hydrogens is 156 g/mol. The first-order valence-corrected chi connectivity index (χ1v) is 4.05. The number of methoxy groups -OCH3 is 2. The average Bonchev–Trinajstić information content (AvgIpc) is 2.47. The lowest BCUT2D eigenvalue weighted by atomic mass is 10.1. The van der Waals surface area contributed by atoms with E-state index in [9.17, 15) is 4.79 Å². The predicted molar refractivity (Wildman–Crippen MR) is 44.7 cm³/mol. The van der Waals surface area contributed by atoms with Gasteiger partial charge in [0.25, 0.3) is 0 Å². The summed E-state index contributed by atoms with van der Waals surface area (Å²) in [5, 5.41) is 0. The van der Waals surface area contributed by atoms with Gasteiger partial charge < -0.3 is 9.47 Å². The van der Waals surface area contributed by atoms with Gasteiger partial charge in [0.2, 0.25) is 0 Å². The zero-order valence-electron chi connectivity index (χ0n) is 7.50. The molecule has 0 aromatic rings. The van der Waals surface area contributed by atoms with Crippen molar-refractivity contribution in [3.8, 4) is 0 Å². The molecule has 0 radical (unpaired) electrons. The highest BCUT2D eigenvalue weighted by molar-refractivity contribution is 5.97. The van der Waals surface area contributed by atoms with Gasteiger partial charge in [-0.2, -0.15) is 0 Å². The smallest absolute Gasteiger partial charge is 0.160 e. The lowest BCUT2D eigenvalue weighted by Crippen LogP contribution is -2.15. The Labute approximate surface area is 72.4 Å². The van der Waals surface area contributed by atoms with E-state index in [2.05, 4.69) is 0 Å².